The van der Waals surface area contributed by atoms with Gasteiger partial charge in [-0.2, -0.15) is 5.10 Å². The summed E-state index contributed by atoms with van der Waals surface area (Å²) >= 11 is 0. The Bertz CT molecular complexity index is 569. The minimum atomic E-state index is 0.566. The Morgan fingerprint density at radius 3 is 3.00 bits per heavy atom. The highest BCUT2D eigenvalue weighted by Crippen LogP contribution is 2.40. The summed E-state index contributed by atoms with van der Waals surface area (Å²) in [5, 5.41) is 4.51. The summed E-state index contributed by atoms with van der Waals surface area (Å²) in [5.74, 6) is 0.841. The molecule has 2 heterocycles. The molecular weight excluding hydrogens is 248 g/mol. The van der Waals surface area contributed by atoms with Crippen LogP contribution in [-0.4, -0.2) is 21.3 Å². The Labute approximate surface area is 120 Å². The fourth-order valence-electron chi connectivity index (χ4n) is 2.92. The molecule has 0 aromatic carbocycles. The summed E-state index contributed by atoms with van der Waals surface area (Å²) in [5.41, 5.74) is 8.91. The van der Waals surface area contributed by atoms with Gasteiger partial charge < -0.3 is 5.73 Å². The van der Waals surface area contributed by atoms with Gasteiger partial charge in [0.15, 0.2) is 0 Å². The van der Waals surface area contributed by atoms with Crippen LogP contribution in [0.25, 0.3) is 11.3 Å². The monoisotopic (exact) mass is 270 g/mol. The van der Waals surface area contributed by atoms with Crippen molar-refractivity contribution in [3.63, 3.8) is 0 Å². The number of hydrogen-bond donors (Lipinski definition) is 1. The van der Waals surface area contributed by atoms with Gasteiger partial charge in [-0.15, -0.1) is 0 Å². The van der Waals surface area contributed by atoms with Crippen molar-refractivity contribution in [1.82, 2.24) is 14.8 Å². The molecule has 4 heteroatoms. The van der Waals surface area contributed by atoms with Crippen molar-refractivity contribution < 1.29 is 0 Å². The Morgan fingerprint density at radius 1 is 1.40 bits per heavy atom. The largest absolute Gasteiger partial charge is 0.330 e. The maximum absolute atomic E-state index is 5.56. The third kappa shape index (κ3) is 2.75. The topological polar surface area (TPSA) is 56.7 Å². The molecule has 1 saturated carbocycles. The predicted octanol–water partition coefficient (Wildman–Crippen LogP) is 2.94. The first-order chi connectivity index (χ1) is 9.76. The molecule has 0 spiro atoms. The predicted molar refractivity (Wildman–Crippen MR) is 80.2 cm³/mol. The van der Waals surface area contributed by atoms with Gasteiger partial charge in [-0.05, 0) is 62.8 Å². The van der Waals surface area contributed by atoms with Gasteiger partial charge in [-0.25, -0.2) is 0 Å². The van der Waals surface area contributed by atoms with Gasteiger partial charge in [0.1, 0.15) is 0 Å². The molecule has 2 N–H and O–H groups in total. The summed E-state index contributed by atoms with van der Waals surface area (Å²) in [4.78, 5) is 4.41. The zero-order valence-electron chi connectivity index (χ0n) is 12.0. The number of nitrogens with zero attached hydrogens (tertiary/aromatic N) is 3. The summed E-state index contributed by atoms with van der Waals surface area (Å²) in [6.07, 6.45) is 10.8. The maximum Gasteiger partial charge on any atom is 0.0736 e. The van der Waals surface area contributed by atoms with Gasteiger partial charge in [0.05, 0.1) is 17.9 Å². The molecule has 1 aliphatic carbocycles. The summed E-state index contributed by atoms with van der Waals surface area (Å²) in [7, 11) is 0. The maximum atomic E-state index is 5.56. The van der Waals surface area contributed by atoms with Gasteiger partial charge >= 0.3 is 0 Å². The van der Waals surface area contributed by atoms with E-state index in [1.165, 1.54) is 24.8 Å². The normalized spacial score (nSPS) is 21.7. The lowest BCUT2D eigenvalue weighted by molar-refractivity contribution is 0.171. The standard InChI is InChI=1S/C16H22N4/c1-12-4-6-18-16(7-12)14-10-19-20(11-14)15-8-13(9-15)3-2-5-17/h4,6-7,10-11,13,15H,2-3,5,8-9,17H2,1H3. The molecule has 106 valence electrons. The molecule has 0 saturated heterocycles. The van der Waals surface area contributed by atoms with E-state index >= 15 is 0 Å². The first kappa shape index (κ1) is 13.3. The van der Waals surface area contributed by atoms with Crippen molar-refractivity contribution in [3.05, 3.63) is 36.3 Å². The smallest absolute Gasteiger partial charge is 0.0736 e. The second-order valence-electron chi connectivity index (χ2n) is 5.85. The number of hydrogen-bond acceptors (Lipinski definition) is 3. The fourth-order valence-corrected chi connectivity index (χ4v) is 2.92. The van der Waals surface area contributed by atoms with E-state index in [-0.39, 0.29) is 0 Å². The summed E-state index contributed by atoms with van der Waals surface area (Å²) in [6, 6.07) is 4.69. The van der Waals surface area contributed by atoms with Crippen molar-refractivity contribution in [2.75, 3.05) is 6.54 Å². The van der Waals surface area contributed by atoms with Gasteiger partial charge in [-0.1, -0.05) is 0 Å². The van der Waals surface area contributed by atoms with Crippen LogP contribution in [0.4, 0.5) is 0 Å². The Hall–Kier alpha value is -1.68. The number of nitrogens with two attached hydrogens (primary N) is 1. The molecule has 3 rings (SSSR count). The molecule has 0 bridgehead atoms. The van der Waals surface area contributed by atoms with Crippen molar-refractivity contribution >= 4 is 0 Å². The second-order valence-corrected chi connectivity index (χ2v) is 5.85. The Balaban J connectivity index is 1.64. The third-order valence-corrected chi connectivity index (χ3v) is 4.21. The first-order valence-electron chi connectivity index (χ1n) is 7.43. The SMILES string of the molecule is Cc1ccnc(-c2cnn(C3CC(CCCN)C3)c2)c1. The first-order valence-corrected chi connectivity index (χ1v) is 7.43. The molecular formula is C16H22N4. The van der Waals surface area contributed by atoms with Crippen LogP contribution in [0.3, 0.4) is 0 Å². The number of rotatable bonds is 5. The molecule has 20 heavy (non-hydrogen) atoms. The molecule has 0 aliphatic heterocycles. The fraction of sp³-hybridized carbons (Fsp3) is 0.500. The van der Waals surface area contributed by atoms with Crippen LogP contribution < -0.4 is 5.73 Å². The lowest BCUT2D eigenvalue weighted by atomic mass is 9.77. The van der Waals surface area contributed by atoms with Crippen LogP contribution >= 0.6 is 0 Å². The highest BCUT2D eigenvalue weighted by Gasteiger charge is 2.30. The van der Waals surface area contributed by atoms with Crippen LogP contribution in [0.2, 0.25) is 0 Å². The van der Waals surface area contributed by atoms with E-state index in [0.29, 0.717) is 6.04 Å². The van der Waals surface area contributed by atoms with Crippen LogP contribution in [0.1, 0.15) is 37.3 Å². The number of aromatic nitrogens is 3. The van der Waals surface area contributed by atoms with Crippen LogP contribution in [0, 0.1) is 12.8 Å². The van der Waals surface area contributed by atoms with Gasteiger partial charge in [0.25, 0.3) is 0 Å². The summed E-state index contributed by atoms with van der Waals surface area (Å²) in [6.45, 7) is 2.90. The van der Waals surface area contributed by atoms with Crippen LogP contribution in [0.5, 0.6) is 0 Å². The average molecular weight is 270 g/mol. The molecule has 1 fully saturated rings. The lowest BCUT2D eigenvalue weighted by Gasteiger charge is -2.35. The zero-order chi connectivity index (χ0) is 13.9. The average Bonchev–Trinajstić information content (AvgIpc) is 2.86. The Morgan fingerprint density at radius 2 is 2.25 bits per heavy atom. The Kier molecular flexibility index (Phi) is 3.83. The van der Waals surface area contributed by atoms with E-state index < -0.39 is 0 Å². The van der Waals surface area contributed by atoms with E-state index in [2.05, 4.69) is 34.0 Å². The van der Waals surface area contributed by atoms with Gasteiger partial charge in [-0.3, -0.25) is 9.67 Å². The van der Waals surface area contributed by atoms with Crippen molar-refractivity contribution in [3.8, 4) is 11.3 Å². The van der Waals surface area contributed by atoms with E-state index in [1.807, 2.05) is 18.5 Å². The van der Waals surface area contributed by atoms with E-state index in [4.69, 9.17) is 5.73 Å². The van der Waals surface area contributed by atoms with E-state index in [9.17, 15) is 0 Å². The quantitative estimate of drug-likeness (QED) is 0.908. The second kappa shape index (κ2) is 5.75. The van der Waals surface area contributed by atoms with Crippen molar-refractivity contribution in [2.24, 2.45) is 11.7 Å². The van der Waals surface area contributed by atoms with E-state index in [0.717, 1.165) is 30.1 Å². The lowest BCUT2D eigenvalue weighted by Crippen LogP contribution is -2.27. The highest BCUT2D eigenvalue weighted by molar-refractivity contribution is 5.57. The number of aryl methyl sites for hydroxylation is 1. The molecule has 2 aromatic heterocycles. The third-order valence-electron chi connectivity index (χ3n) is 4.21. The molecule has 0 unspecified atom stereocenters. The molecule has 0 atom stereocenters. The molecule has 2 aromatic rings. The molecule has 4 nitrogen and oxygen atoms in total. The van der Waals surface area contributed by atoms with Gasteiger partial charge in [0, 0.05) is 18.0 Å². The minimum Gasteiger partial charge on any atom is -0.330 e. The van der Waals surface area contributed by atoms with Crippen LogP contribution in [-0.2, 0) is 0 Å². The molecule has 0 amide bonds. The van der Waals surface area contributed by atoms with Crippen LogP contribution in [0.15, 0.2) is 30.7 Å². The van der Waals surface area contributed by atoms with E-state index in [1.54, 1.807) is 0 Å². The summed E-state index contributed by atoms with van der Waals surface area (Å²) < 4.78 is 2.11. The van der Waals surface area contributed by atoms with Gasteiger partial charge in [0.2, 0.25) is 0 Å². The zero-order valence-corrected chi connectivity index (χ0v) is 12.0. The number of pyridine rings is 1. The van der Waals surface area contributed by atoms with Crippen molar-refractivity contribution in [2.45, 2.75) is 38.6 Å². The molecule has 1 aliphatic rings. The highest BCUT2D eigenvalue weighted by atomic mass is 15.3. The molecule has 0 radical (unpaired) electrons. The van der Waals surface area contributed by atoms with Crippen molar-refractivity contribution in [1.29, 1.82) is 0 Å². The minimum absolute atomic E-state index is 0.566.